The van der Waals surface area contributed by atoms with Crippen LogP contribution in [0, 0.1) is 5.92 Å². The molecule has 0 amide bonds. The summed E-state index contributed by atoms with van der Waals surface area (Å²) in [5.41, 5.74) is -1.45. The van der Waals surface area contributed by atoms with Crippen LogP contribution in [0.15, 0.2) is 12.1 Å². The van der Waals surface area contributed by atoms with Gasteiger partial charge in [-0.05, 0) is 42.0 Å². The molecule has 5 rings (SSSR count). The lowest BCUT2D eigenvalue weighted by atomic mass is 9.79. The van der Waals surface area contributed by atoms with E-state index in [9.17, 15) is 172 Å². The molecule has 71 heteroatoms. The fourth-order valence-corrected chi connectivity index (χ4v) is 20.7. The van der Waals surface area contributed by atoms with Crippen LogP contribution in [0.3, 0.4) is 0 Å². The smallest absolute Gasteiger partial charge is 0.470 e. The predicted octanol–water partition coefficient (Wildman–Crippen LogP) is -4.56. The van der Waals surface area contributed by atoms with Gasteiger partial charge in [-0.25, -0.2) is 50.2 Å². The van der Waals surface area contributed by atoms with Gasteiger partial charge in [0, 0.05) is 62.8 Å². The van der Waals surface area contributed by atoms with Crippen molar-refractivity contribution >= 4 is 93.6 Å². The van der Waals surface area contributed by atoms with Crippen LogP contribution in [-0.2, 0) is 176 Å². The van der Waals surface area contributed by atoms with Crippen molar-refractivity contribution in [2.45, 2.75) is 160 Å². The highest BCUT2D eigenvalue weighted by Crippen LogP contribution is 2.58. The Morgan fingerprint density at radius 1 is 0.224 bits per heavy atom. The standard InChI is InChI=1S/C45H88O59P12/c1-82-23-21(17-105(46,47)48)24(83-2)35(94-106(49,50)51)42(101-113(70,71)72)31(23)90-14-11-20-15-18(9-12-91-32-36(95-107(52,53)54)25(84-3)27(86-5)38(97-109(58,59)60)43(32)102-114(73,74)75)19(10-13-92-33-37(96-108(55,56)57)26(85-4)28(87-6)39(98-110(61,62)63)44(33)103-115(76,77)78)16-22(20)93-34-29(88-7)40(99-111(64,65)66)45(104-116(79,80)81)41(30(34)89-8)100-112(67,68)69/h15-16,21,23-45H,9-14,17H2,1-8H3,(H2,46,47,48)(H2,49,50,51)(H2,52,53,54)(H2,55,56,57)(H2,58,59,60)(H2,61,62,63)(H2,64,65,66)(H2,67,68,69)(H2,70,71,72)(H2,73,74,75)(H2,76,77,78)(H2,79,80,81)/t21-,23-,24+,25-,26-,27-,28-,29-,30+,31-,32+,33+,34?,35-,36+,37+,38+,39+,40+,41-,42-,43+,44+,45?/m1/s1. The van der Waals surface area contributed by atoms with Gasteiger partial charge in [0.25, 0.3) is 0 Å². The maximum Gasteiger partial charge on any atom is 0.470 e. The molecular weight excluding hydrogens is 1860 g/mol. The van der Waals surface area contributed by atoms with Crippen molar-refractivity contribution in [2.24, 2.45) is 5.92 Å². The molecule has 0 radical (unpaired) electrons. The summed E-state index contributed by atoms with van der Waals surface area (Å²) in [6, 6.07) is 1.71. The fourth-order valence-electron chi connectivity index (χ4n) is 13.6. The van der Waals surface area contributed by atoms with Crippen molar-refractivity contribution in [2.75, 3.05) is 82.9 Å². The molecule has 24 N–H and O–H groups in total. The Morgan fingerprint density at radius 2 is 0.397 bits per heavy atom. The molecule has 1 aromatic carbocycles. The molecule has 0 aromatic heterocycles. The van der Waals surface area contributed by atoms with Gasteiger partial charge < -0.3 is 174 Å². The van der Waals surface area contributed by atoms with E-state index >= 15 is 0 Å². The van der Waals surface area contributed by atoms with Crippen molar-refractivity contribution in [1.29, 1.82) is 0 Å². The Balaban J connectivity index is 1.98. The van der Waals surface area contributed by atoms with E-state index in [0.29, 0.717) is 14.2 Å². The van der Waals surface area contributed by atoms with E-state index in [1.807, 2.05) is 0 Å². The van der Waals surface area contributed by atoms with Crippen LogP contribution >= 0.6 is 93.6 Å². The molecule has 0 aliphatic heterocycles. The second kappa shape index (κ2) is 42.2. The maximum absolute atomic E-state index is 12.9. The Kier molecular flexibility index (Phi) is 38.8. The molecule has 4 aliphatic rings. The monoisotopic (exact) mass is 1940 g/mol. The Morgan fingerprint density at radius 3 is 0.621 bits per heavy atom. The molecular formula is C45H88O59P12. The first kappa shape index (κ1) is 106. The molecule has 0 heterocycles. The average molecular weight is 1940 g/mol. The molecule has 116 heavy (non-hydrogen) atoms. The molecule has 4 aliphatic carbocycles. The normalized spacial score (nSPS) is 32.2. The Bertz CT molecular complexity index is 3930. The van der Waals surface area contributed by atoms with E-state index in [1.165, 1.54) is 0 Å². The van der Waals surface area contributed by atoms with Crippen LogP contribution in [0.5, 0.6) is 5.75 Å². The van der Waals surface area contributed by atoms with E-state index in [0.717, 1.165) is 54.8 Å². The summed E-state index contributed by atoms with van der Waals surface area (Å²) in [7, 11) is -66.0. The minimum atomic E-state index is -6.16. The first-order valence-electron chi connectivity index (χ1n) is 31.7. The lowest BCUT2D eigenvalue weighted by Crippen LogP contribution is -2.67. The zero-order valence-electron chi connectivity index (χ0n) is 60.3. The maximum atomic E-state index is 12.9. The SMILES string of the molecule is CO[C@@H]1[C@@H](OC)[C@H](OP(=O)(O)O)[C@@H](OP(=O)(O)O)[C@@H](OCCc2cc(CCO[C@H]3[C@@H](OP(=O)(O)O)[C@H](OP(=O)(O)O)[C@@H](OC)[C@H](CP(=O)(O)O)[C@H]3OC)c(OC3[C@@H](OC)[C@H](OP(=O)(O)O)C(OP(=O)(O)O)[C@H](OP(=O)(O)O)[C@H]3OC)cc2CCO[C@H]2[C@@H](OP(=O)(O)O)[C@H](OC)[C@@H](OC)[C@H](OP(=O)(O)O)[C@H]2OP(=O)(O)O)[C@H]1OP(=O)(O)O. The molecule has 0 bridgehead atoms. The summed E-state index contributed by atoms with van der Waals surface area (Å²) in [6.07, 6.45) is -61.1. The highest BCUT2D eigenvalue weighted by atomic mass is 31.2. The number of benzene rings is 1. The van der Waals surface area contributed by atoms with Gasteiger partial charge >= 0.3 is 93.6 Å². The van der Waals surface area contributed by atoms with E-state index in [4.69, 9.17) is 107 Å². The van der Waals surface area contributed by atoms with Crippen LogP contribution in [0.4, 0.5) is 0 Å². The summed E-state index contributed by atoms with van der Waals surface area (Å²) in [6.45, 7) is -3.56. The van der Waals surface area contributed by atoms with Crippen molar-refractivity contribution < 1.29 is 279 Å². The van der Waals surface area contributed by atoms with Gasteiger partial charge in [0.05, 0.1) is 38.2 Å². The van der Waals surface area contributed by atoms with E-state index < -0.39 is 308 Å². The summed E-state index contributed by atoms with van der Waals surface area (Å²) >= 11 is 0. The summed E-state index contributed by atoms with van der Waals surface area (Å²) in [5, 5.41) is 0. The zero-order valence-corrected chi connectivity index (χ0v) is 71.1. The quantitative estimate of drug-likeness (QED) is 0.0273. The van der Waals surface area contributed by atoms with Crippen molar-refractivity contribution in [3.63, 3.8) is 0 Å². The van der Waals surface area contributed by atoms with Crippen LogP contribution in [-0.4, -0.2) is 341 Å². The molecule has 24 atom stereocenters. The fraction of sp³-hybridized carbons (Fsp3) is 0.867. The van der Waals surface area contributed by atoms with Crippen LogP contribution < -0.4 is 4.74 Å². The number of hydrogen-bond donors (Lipinski definition) is 24. The molecule has 4 fully saturated rings. The number of phosphoric ester groups is 11. The first-order valence-corrected chi connectivity index (χ1v) is 50.3. The molecule has 1 aromatic rings. The van der Waals surface area contributed by atoms with Crippen LogP contribution in [0.25, 0.3) is 0 Å². The molecule has 59 nitrogen and oxygen atoms in total. The van der Waals surface area contributed by atoms with Gasteiger partial charge in [-0.3, -0.25) is 54.3 Å². The van der Waals surface area contributed by atoms with E-state index in [2.05, 4.69) is 0 Å². The van der Waals surface area contributed by atoms with Crippen LogP contribution in [0.2, 0.25) is 0 Å². The molecule has 0 spiro atoms. The molecule has 4 saturated carbocycles. The second-order valence-corrected chi connectivity index (χ2v) is 39.7. The van der Waals surface area contributed by atoms with Gasteiger partial charge in [-0.1, -0.05) is 6.07 Å². The Labute approximate surface area is 653 Å². The van der Waals surface area contributed by atoms with Gasteiger partial charge in [0.1, 0.15) is 128 Å². The number of methoxy groups -OCH3 is 8. The highest BCUT2D eigenvalue weighted by molar-refractivity contribution is 7.52. The van der Waals surface area contributed by atoms with Crippen LogP contribution in [0.1, 0.15) is 16.7 Å². The average Bonchev–Trinajstić information content (AvgIpc) is 0.768. The van der Waals surface area contributed by atoms with Crippen molar-refractivity contribution in [1.82, 2.24) is 0 Å². The molecule has 682 valence electrons. The summed E-state index contributed by atoms with van der Waals surface area (Å²) < 4.78 is 275. The third kappa shape index (κ3) is 33.0. The number of phosphoric acid groups is 11. The van der Waals surface area contributed by atoms with E-state index in [1.54, 1.807) is 0 Å². The summed E-state index contributed by atoms with van der Waals surface area (Å²) in [4.78, 5) is 246. The molecule has 2 unspecified atom stereocenters. The minimum Gasteiger partial charge on any atom is -0.484 e. The van der Waals surface area contributed by atoms with Gasteiger partial charge in [0.15, 0.2) is 6.10 Å². The lowest BCUT2D eigenvalue weighted by Gasteiger charge is -2.49. The largest absolute Gasteiger partial charge is 0.484 e. The number of hydrogen-bond acceptors (Lipinski definition) is 35. The van der Waals surface area contributed by atoms with Gasteiger partial charge in [-0.15, -0.1) is 0 Å². The summed E-state index contributed by atoms with van der Waals surface area (Å²) in [5.74, 6) is -2.80. The van der Waals surface area contributed by atoms with Crippen molar-refractivity contribution in [3.05, 3.63) is 28.8 Å². The Hall–Kier alpha value is -0.0600. The topological polar surface area (TPSA) is 903 Å². The minimum absolute atomic E-state index is 0.412. The predicted molar refractivity (Wildman–Crippen MR) is 364 cm³/mol. The van der Waals surface area contributed by atoms with Crippen molar-refractivity contribution in [3.8, 4) is 5.75 Å². The zero-order chi connectivity index (χ0) is 88.8. The third-order valence-corrected chi connectivity index (χ3v) is 23.7. The van der Waals surface area contributed by atoms with Gasteiger partial charge in [-0.2, -0.15) is 0 Å². The number of rotatable bonds is 46. The number of ether oxygens (including phenoxy) is 12. The van der Waals surface area contributed by atoms with E-state index in [-0.39, 0.29) is 0 Å². The molecule has 0 saturated heterocycles. The third-order valence-electron chi connectivity index (χ3n) is 17.1. The van der Waals surface area contributed by atoms with Gasteiger partial charge in [0.2, 0.25) is 0 Å². The second-order valence-electron chi connectivity index (χ2n) is 24.8. The lowest BCUT2D eigenvalue weighted by molar-refractivity contribution is -0.236. The highest BCUT2D eigenvalue weighted by Gasteiger charge is 2.64. The first-order chi connectivity index (χ1) is 52.6.